The maximum absolute atomic E-state index is 10.9. The van der Waals surface area contributed by atoms with Crippen LogP contribution in [-0.2, 0) is 4.79 Å². The quantitative estimate of drug-likeness (QED) is 0.357. The number of benzene rings is 2. The maximum Gasteiger partial charge on any atom is 0.328 e. The minimum absolute atomic E-state index is 0.491. The standard InChI is InChI=1S/C23H16N2O3/c26-22(27)6-5-18-13-19(16-3-1-14-7-9-24-20(14)11-16)23(28-18)17-4-2-15-8-10-25-21(15)12-17/h1-13,24-25H,(H,26,27)/b6-5+. The zero-order valence-corrected chi connectivity index (χ0v) is 14.8. The van der Waals surface area contributed by atoms with Gasteiger partial charge in [0.25, 0.3) is 0 Å². The first-order valence-corrected chi connectivity index (χ1v) is 8.87. The molecule has 3 N–H and O–H groups in total. The van der Waals surface area contributed by atoms with Crippen LogP contribution in [0, 0.1) is 0 Å². The van der Waals surface area contributed by atoms with Crippen LogP contribution in [0.4, 0.5) is 0 Å². The zero-order valence-electron chi connectivity index (χ0n) is 14.8. The normalized spacial score (nSPS) is 11.7. The molecule has 5 rings (SSSR count). The summed E-state index contributed by atoms with van der Waals surface area (Å²) in [6, 6.07) is 18.2. The average molecular weight is 368 g/mol. The Morgan fingerprint density at radius 3 is 2.18 bits per heavy atom. The minimum Gasteiger partial charge on any atom is -0.478 e. The minimum atomic E-state index is -1.01. The fraction of sp³-hybridized carbons (Fsp3) is 0. The number of rotatable bonds is 4. The first-order chi connectivity index (χ1) is 13.7. The molecule has 0 unspecified atom stereocenters. The summed E-state index contributed by atoms with van der Waals surface area (Å²) in [5.74, 6) is 0.179. The van der Waals surface area contributed by atoms with E-state index in [1.807, 2.05) is 54.9 Å². The Kier molecular flexibility index (Phi) is 3.66. The number of nitrogens with one attached hydrogen (secondary N) is 2. The van der Waals surface area contributed by atoms with E-state index in [0.717, 1.165) is 44.6 Å². The predicted molar refractivity (Wildman–Crippen MR) is 110 cm³/mol. The van der Waals surface area contributed by atoms with Crippen LogP contribution in [0.1, 0.15) is 5.76 Å². The summed E-state index contributed by atoms with van der Waals surface area (Å²) in [4.78, 5) is 17.3. The van der Waals surface area contributed by atoms with Gasteiger partial charge in [0.2, 0.25) is 0 Å². The number of H-pyrrole nitrogens is 2. The van der Waals surface area contributed by atoms with Crippen LogP contribution in [0.5, 0.6) is 0 Å². The van der Waals surface area contributed by atoms with Gasteiger partial charge in [-0.15, -0.1) is 0 Å². The highest BCUT2D eigenvalue weighted by Crippen LogP contribution is 2.37. The molecule has 0 aliphatic carbocycles. The second-order valence-electron chi connectivity index (χ2n) is 6.62. The van der Waals surface area contributed by atoms with Gasteiger partial charge in [-0.1, -0.05) is 24.3 Å². The Morgan fingerprint density at radius 1 is 0.857 bits per heavy atom. The van der Waals surface area contributed by atoms with E-state index in [0.29, 0.717) is 11.5 Å². The lowest BCUT2D eigenvalue weighted by molar-refractivity contribution is -0.131. The average Bonchev–Trinajstić information content (AvgIpc) is 3.43. The molecule has 5 nitrogen and oxygen atoms in total. The smallest absolute Gasteiger partial charge is 0.328 e. The highest BCUT2D eigenvalue weighted by atomic mass is 16.4. The molecule has 3 aromatic heterocycles. The Balaban J connectivity index is 1.70. The van der Waals surface area contributed by atoms with Crippen molar-refractivity contribution in [1.29, 1.82) is 0 Å². The van der Waals surface area contributed by atoms with Crippen LogP contribution < -0.4 is 0 Å². The van der Waals surface area contributed by atoms with E-state index in [-0.39, 0.29) is 0 Å². The largest absolute Gasteiger partial charge is 0.478 e. The molecular formula is C23H16N2O3. The summed E-state index contributed by atoms with van der Waals surface area (Å²) < 4.78 is 6.05. The van der Waals surface area contributed by atoms with Gasteiger partial charge < -0.3 is 19.5 Å². The van der Waals surface area contributed by atoms with E-state index in [1.165, 1.54) is 6.08 Å². The number of aromatic nitrogens is 2. The van der Waals surface area contributed by atoms with Gasteiger partial charge in [0, 0.05) is 40.6 Å². The molecule has 0 bridgehead atoms. The SMILES string of the molecule is O=C(O)/C=C/c1cc(-c2ccc3cc[nH]c3c2)c(-c2ccc3cc[nH]c3c2)o1. The van der Waals surface area contributed by atoms with Crippen LogP contribution in [-0.4, -0.2) is 21.0 Å². The third-order valence-electron chi connectivity index (χ3n) is 4.82. The summed E-state index contributed by atoms with van der Waals surface area (Å²) in [6.45, 7) is 0. The summed E-state index contributed by atoms with van der Waals surface area (Å²) in [5, 5.41) is 11.2. The lowest BCUT2D eigenvalue weighted by Crippen LogP contribution is -1.84. The summed E-state index contributed by atoms with van der Waals surface area (Å²) in [7, 11) is 0. The second-order valence-corrected chi connectivity index (χ2v) is 6.62. The van der Waals surface area contributed by atoms with Gasteiger partial charge in [-0.3, -0.25) is 0 Å². The Morgan fingerprint density at radius 2 is 1.50 bits per heavy atom. The molecule has 0 aliphatic heterocycles. The maximum atomic E-state index is 10.9. The van der Waals surface area contributed by atoms with Crippen LogP contribution in [0.25, 0.3) is 50.3 Å². The van der Waals surface area contributed by atoms with E-state index >= 15 is 0 Å². The molecule has 0 atom stereocenters. The number of carboxylic acids is 1. The third-order valence-corrected chi connectivity index (χ3v) is 4.82. The summed E-state index contributed by atoms with van der Waals surface area (Å²) >= 11 is 0. The number of fused-ring (bicyclic) bond motifs is 2. The monoisotopic (exact) mass is 368 g/mol. The molecule has 0 saturated heterocycles. The Bertz CT molecular complexity index is 1260. The van der Waals surface area contributed by atoms with Crippen molar-refractivity contribution >= 4 is 33.9 Å². The van der Waals surface area contributed by atoms with Gasteiger partial charge in [0.1, 0.15) is 11.5 Å². The van der Waals surface area contributed by atoms with Crippen molar-refractivity contribution in [3.8, 4) is 22.5 Å². The fourth-order valence-corrected chi connectivity index (χ4v) is 3.48. The Labute approximate surface area is 159 Å². The van der Waals surface area contributed by atoms with E-state index in [9.17, 15) is 4.79 Å². The lowest BCUT2D eigenvalue weighted by Gasteiger charge is -2.04. The number of carboxylic acid groups (broad SMARTS) is 1. The molecule has 5 heteroatoms. The van der Waals surface area contributed by atoms with Crippen LogP contribution in [0.2, 0.25) is 0 Å². The number of hydrogen-bond acceptors (Lipinski definition) is 2. The first-order valence-electron chi connectivity index (χ1n) is 8.87. The van der Waals surface area contributed by atoms with E-state index in [4.69, 9.17) is 9.52 Å². The highest BCUT2D eigenvalue weighted by molar-refractivity contribution is 5.92. The highest BCUT2D eigenvalue weighted by Gasteiger charge is 2.15. The van der Waals surface area contributed by atoms with Crippen molar-refractivity contribution in [1.82, 2.24) is 9.97 Å². The van der Waals surface area contributed by atoms with E-state index in [2.05, 4.69) is 22.1 Å². The fourth-order valence-electron chi connectivity index (χ4n) is 3.48. The van der Waals surface area contributed by atoms with Gasteiger partial charge in [0.15, 0.2) is 0 Å². The van der Waals surface area contributed by atoms with Crippen LogP contribution in [0.3, 0.4) is 0 Å². The molecule has 0 saturated carbocycles. The lowest BCUT2D eigenvalue weighted by atomic mass is 10.0. The van der Waals surface area contributed by atoms with Crippen molar-refractivity contribution in [2.75, 3.05) is 0 Å². The predicted octanol–water partition coefficient (Wildman–Crippen LogP) is 5.67. The summed E-state index contributed by atoms with van der Waals surface area (Å²) in [5.41, 5.74) is 4.88. The van der Waals surface area contributed by atoms with E-state index < -0.39 is 5.97 Å². The number of hydrogen-bond donors (Lipinski definition) is 3. The molecule has 0 aliphatic rings. The number of aliphatic carboxylic acids is 1. The van der Waals surface area contributed by atoms with Gasteiger partial charge >= 0.3 is 5.97 Å². The molecule has 0 fully saturated rings. The number of furan rings is 1. The van der Waals surface area contributed by atoms with Crippen LogP contribution >= 0.6 is 0 Å². The molecule has 0 radical (unpaired) electrons. The first kappa shape index (κ1) is 16.2. The molecule has 3 heterocycles. The van der Waals surface area contributed by atoms with Crippen molar-refractivity contribution < 1.29 is 14.3 Å². The van der Waals surface area contributed by atoms with Crippen molar-refractivity contribution in [3.63, 3.8) is 0 Å². The second kappa shape index (κ2) is 6.32. The van der Waals surface area contributed by atoms with Gasteiger partial charge in [-0.2, -0.15) is 0 Å². The molecule has 0 amide bonds. The van der Waals surface area contributed by atoms with Crippen molar-refractivity contribution in [3.05, 3.63) is 78.8 Å². The van der Waals surface area contributed by atoms with Gasteiger partial charge in [0.05, 0.1) is 0 Å². The Hall–Kier alpha value is -3.99. The molecular weight excluding hydrogens is 352 g/mol. The van der Waals surface area contributed by atoms with Gasteiger partial charge in [-0.25, -0.2) is 4.79 Å². The number of aromatic amines is 2. The zero-order chi connectivity index (χ0) is 19.1. The molecule has 28 heavy (non-hydrogen) atoms. The van der Waals surface area contributed by atoms with E-state index in [1.54, 1.807) is 0 Å². The van der Waals surface area contributed by atoms with Crippen molar-refractivity contribution in [2.24, 2.45) is 0 Å². The topological polar surface area (TPSA) is 82.0 Å². The molecule has 0 spiro atoms. The third kappa shape index (κ3) is 2.79. The number of carbonyl (C=O) groups is 1. The van der Waals surface area contributed by atoms with Crippen molar-refractivity contribution in [2.45, 2.75) is 0 Å². The van der Waals surface area contributed by atoms with Gasteiger partial charge in [-0.05, 0) is 52.7 Å². The van der Waals surface area contributed by atoms with Crippen LogP contribution in [0.15, 0.2) is 77.5 Å². The molecule has 5 aromatic rings. The summed E-state index contributed by atoms with van der Waals surface area (Å²) in [6.07, 6.45) is 6.35. The molecule has 136 valence electrons. The molecule has 2 aromatic carbocycles.